The van der Waals surface area contributed by atoms with Crippen molar-refractivity contribution in [3.63, 3.8) is 0 Å². The molecule has 3 aromatic rings. The largest absolute Gasteiger partial charge is 0.445 e. The minimum absolute atomic E-state index is 0.0730. The molecule has 4 N–H and O–H groups in total. The number of ether oxygens (including phenoxy) is 1. The Morgan fingerprint density at radius 1 is 0.765 bits per heavy atom. The van der Waals surface area contributed by atoms with E-state index in [2.05, 4.69) is 10.6 Å². The molecule has 0 radical (unpaired) electrons. The third kappa shape index (κ3) is 7.48. The van der Waals surface area contributed by atoms with Gasteiger partial charge >= 0.3 is 6.09 Å². The smallest absolute Gasteiger partial charge is 0.408 e. The van der Waals surface area contributed by atoms with E-state index in [-0.39, 0.29) is 19.4 Å². The summed E-state index contributed by atoms with van der Waals surface area (Å²) in [6.45, 7) is 2.00. The van der Waals surface area contributed by atoms with Crippen LogP contribution in [0.1, 0.15) is 22.3 Å². The van der Waals surface area contributed by atoms with Gasteiger partial charge in [-0.05, 0) is 29.2 Å². The molecule has 7 nitrogen and oxygen atoms in total. The number of carbonyl (C=O) groups is 3. The fourth-order valence-electron chi connectivity index (χ4n) is 3.52. The summed E-state index contributed by atoms with van der Waals surface area (Å²) in [5, 5.41) is 5.34. The van der Waals surface area contributed by atoms with Gasteiger partial charge in [0.25, 0.3) is 0 Å². The predicted octanol–water partition coefficient (Wildman–Crippen LogP) is 3.05. The molecule has 0 heterocycles. The van der Waals surface area contributed by atoms with Crippen LogP contribution in [0.2, 0.25) is 0 Å². The first-order chi connectivity index (χ1) is 16.4. The molecule has 0 saturated heterocycles. The van der Waals surface area contributed by atoms with Crippen LogP contribution < -0.4 is 16.4 Å². The van der Waals surface area contributed by atoms with Gasteiger partial charge in [-0.25, -0.2) is 4.79 Å². The normalized spacial score (nSPS) is 12.3. The Balaban J connectivity index is 1.70. The minimum atomic E-state index is -0.954. The second kappa shape index (κ2) is 12.2. The van der Waals surface area contributed by atoms with Crippen LogP contribution >= 0.6 is 0 Å². The fraction of sp³-hybridized carbons (Fsp3) is 0.222. The number of nitrogens with one attached hydrogen (secondary N) is 2. The van der Waals surface area contributed by atoms with Crippen molar-refractivity contribution in [3.8, 4) is 0 Å². The van der Waals surface area contributed by atoms with Crippen LogP contribution in [-0.2, 0) is 33.8 Å². The zero-order valence-electron chi connectivity index (χ0n) is 19.1. The van der Waals surface area contributed by atoms with Crippen LogP contribution in [0.5, 0.6) is 0 Å². The van der Waals surface area contributed by atoms with Gasteiger partial charge in [0.15, 0.2) is 0 Å². The lowest BCUT2D eigenvalue weighted by Gasteiger charge is -2.22. The first-order valence-corrected chi connectivity index (χ1v) is 11.1. The summed E-state index contributed by atoms with van der Waals surface area (Å²) < 4.78 is 5.29. The van der Waals surface area contributed by atoms with Gasteiger partial charge in [0, 0.05) is 12.8 Å². The van der Waals surface area contributed by atoms with Crippen LogP contribution in [0.4, 0.5) is 4.79 Å². The zero-order chi connectivity index (χ0) is 24.3. The summed E-state index contributed by atoms with van der Waals surface area (Å²) >= 11 is 0. The SMILES string of the molecule is Cc1ccccc1C[C@@H](NC(=O)[C@H](Cc1ccccc1)NC(=O)OCc1ccccc1)C(N)=O. The van der Waals surface area contributed by atoms with Crippen LogP contribution in [0.3, 0.4) is 0 Å². The Bertz CT molecular complexity index is 1100. The maximum atomic E-state index is 13.2. The van der Waals surface area contributed by atoms with Gasteiger partial charge in [-0.3, -0.25) is 9.59 Å². The molecule has 0 aliphatic carbocycles. The number of amides is 3. The average molecular weight is 460 g/mol. The quantitative estimate of drug-likeness (QED) is 0.433. The number of carbonyl (C=O) groups excluding carboxylic acids is 3. The Kier molecular flexibility index (Phi) is 8.80. The van der Waals surface area contributed by atoms with Crippen molar-refractivity contribution in [2.75, 3.05) is 0 Å². The van der Waals surface area contributed by atoms with Crippen molar-refractivity contribution in [2.45, 2.75) is 38.5 Å². The number of nitrogens with two attached hydrogens (primary N) is 1. The highest BCUT2D eigenvalue weighted by Gasteiger charge is 2.27. The van der Waals surface area contributed by atoms with Crippen molar-refractivity contribution in [3.05, 3.63) is 107 Å². The molecule has 0 aliphatic heterocycles. The number of alkyl carbamates (subject to hydrolysis) is 1. The van der Waals surface area contributed by atoms with Gasteiger partial charge in [0.1, 0.15) is 18.7 Å². The van der Waals surface area contributed by atoms with Crippen LogP contribution in [0.15, 0.2) is 84.9 Å². The van der Waals surface area contributed by atoms with Crippen molar-refractivity contribution in [1.29, 1.82) is 0 Å². The number of hydrogen-bond donors (Lipinski definition) is 3. The first-order valence-electron chi connectivity index (χ1n) is 11.1. The second-order valence-corrected chi connectivity index (χ2v) is 8.04. The summed E-state index contributed by atoms with van der Waals surface area (Å²) in [4.78, 5) is 37.7. The number of hydrogen-bond acceptors (Lipinski definition) is 4. The summed E-state index contributed by atoms with van der Waals surface area (Å²) in [7, 11) is 0. The number of benzene rings is 3. The van der Waals surface area contributed by atoms with Crippen molar-refractivity contribution in [1.82, 2.24) is 10.6 Å². The van der Waals surface area contributed by atoms with Gasteiger partial charge < -0.3 is 21.1 Å². The molecule has 0 unspecified atom stereocenters. The lowest BCUT2D eigenvalue weighted by atomic mass is 10.00. The van der Waals surface area contributed by atoms with Gasteiger partial charge in [-0.2, -0.15) is 0 Å². The van der Waals surface area contributed by atoms with Crippen LogP contribution in [0, 0.1) is 6.92 Å². The summed E-state index contributed by atoms with van der Waals surface area (Å²) in [5.74, 6) is -1.17. The Labute approximate surface area is 199 Å². The first kappa shape index (κ1) is 24.5. The van der Waals surface area contributed by atoms with Crippen LogP contribution in [0.25, 0.3) is 0 Å². The van der Waals surface area contributed by atoms with E-state index in [0.717, 1.165) is 22.3 Å². The Hall–Kier alpha value is -4.13. The van der Waals surface area contributed by atoms with Gasteiger partial charge in [-0.1, -0.05) is 84.9 Å². The standard InChI is InChI=1S/C27H29N3O4/c1-19-10-8-9-15-22(19)17-23(25(28)31)29-26(32)24(16-20-11-4-2-5-12-20)30-27(33)34-18-21-13-6-3-7-14-21/h2-15,23-24H,16-18H2,1H3,(H2,28,31)(H,29,32)(H,30,33)/t23-,24+/m1/s1. The molecule has 3 rings (SSSR count). The average Bonchev–Trinajstić information content (AvgIpc) is 2.84. The van der Waals surface area contributed by atoms with Crippen molar-refractivity contribution in [2.24, 2.45) is 5.73 Å². The molecule has 0 saturated carbocycles. The molecule has 0 bridgehead atoms. The van der Waals surface area contributed by atoms with E-state index in [0.29, 0.717) is 0 Å². The number of aryl methyl sites for hydroxylation is 1. The molecule has 176 valence electrons. The lowest BCUT2D eigenvalue weighted by molar-refractivity contribution is -0.128. The van der Waals surface area contributed by atoms with E-state index in [1.807, 2.05) is 91.9 Å². The van der Waals surface area contributed by atoms with Gasteiger partial charge in [0.2, 0.25) is 11.8 Å². The third-order valence-corrected chi connectivity index (χ3v) is 5.45. The van der Waals surface area contributed by atoms with Crippen molar-refractivity contribution >= 4 is 17.9 Å². The minimum Gasteiger partial charge on any atom is -0.445 e. The molecule has 0 aromatic heterocycles. The highest BCUT2D eigenvalue weighted by molar-refractivity contribution is 5.91. The topological polar surface area (TPSA) is 111 Å². The highest BCUT2D eigenvalue weighted by atomic mass is 16.5. The van der Waals surface area contributed by atoms with E-state index in [9.17, 15) is 14.4 Å². The van der Waals surface area contributed by atoms with Crippen LogP contribution in [-0.4, -0.2) is 30.0 Å². The lowest BCUT2D eigenvalue weighted by Crippen LogP contribution is -2.54. The Morgan fingerprint density at radius 2 is 1.35 bits per heavy atom. The van der Waals surface area contributed by atoms with E-state index in [4.69, 9.17) is 10.5 Å². The maximum absolute atomic E-state index is 13.2. The molecular weight excluding hydrogens is 430 g/mol. The van der Waals surface area contributed by atoms with Crippen molar-refractivity contribution < 1.29 is 19.1 Å². The number of primary amides is 1. The summed E-state index contributed by atoms with van der Waals surface area (Å²) in [6, 6.07) is 24.2. The highest BCUT2D eigenvalue weighted by Crippen LogP contribution is 2.11. The second-order valence-electron chi connectivity index (χ2n) is 8.04. The molecule has 3 amide bonds. The van der Waals surface area contributed by atoms with E-state index >= 15 is 0 Å². The summed E-state index contributed by atoms with van der Waals surface area (Å²) in [5.41, 5.74) is 9.15. The van der Waals surface area contributed by atoms with E-state index in [1.54, 1.807) is 0 Å². The predicted molar refractivity (Wildman–Crippen MR) is 130 cm³/mol. The fourth-order valence-corrected chi connectivity index (χ4v) is 3.52. The molecule has 3 aromatic carbocycles. The van der Waals surface area contributed by atoms with E-state index < -0.39 is 30.0 Å². The molecular formula is C27H29N3O4. The summed E-state index contributed by atoms with van der Waals surface area (Å²) in [6.07, 6.45) is -0.248. The Morgan fingerprint density at radius 3 is 1.97 bits per heavy atom. The molecule has 0 aliphatic rings. The monoisotopic (exact) mass is 459 g/mol. The maximum Gasteiger partial charge on any atom is 0.408 e. The zero-order valence-corrected chi connectivity index (χ0v) is 19.1. The molecule has 34 heavy (non-hydrogen) atoms. The third-order valence-electron chi connectivity index (χ3n) is 5.45. The molecule has 2 atom stereocenters. The van der Waals surface area contributed by atoms with E-state index in [1.165, 1.54) is 0 Å². The van der Waals surface area contributed by atoms with Gasteiger partial charge in [0.05, 0.1) is 0 Å². The molecule has 0 fully saturated rings. The van der Waals surface area contributed by atoms with Gasteiger partial charge in [-0.15, -0.1) is 0 Å². The molecule has 0 spiro atoms. The molecule has 7 heteroatoms. The number of rotatable bonds is 10.